The number of likely N-dealkylation sites (tertiary alicyclic amines) is 1. The number of aromatic nitrogens is 3. The lowest BCUT2D eigenvalue weighted by molar-refractivity contribution is 0.186. The van der Waals surface area contributed by atoms with Crippen LogP contribution in [-0.2, 0) is 24.1 Å². The number of hydrogen-bond acceptors (Lipinski definition) is 4. The molecule has 0 spiro atoms. The minimum absolute atomic E-state index is 0.0341. The predicted octanol–water partition coefficient (Wildman–Crippen LogP) is 3.59. The Labute approximate surface area is 176 Å². The number of urea groups is 1. The molecule has 3 aromatic rings. The molecule has 0 saturated carbocycles. The van der Waals surface area contributed by atoms with Crippen molar-refractivity contribution < 1.29 is 9.53 Å². The average molecular weight is 406 g/mol. The topological polar surface area (TPSA) is 72.3 Å². The van der Waals surface area contributed by atoms with Gasteiger partial charge in [-0.1, -0.05) is 6.07 Å². The van der Waals surface area contributed by atoms with Crippen LogP contribution >= 0.6 is 0 Å². The van der Waals surface area contributed by atoms with Gasteiger partial charge in [0, 0.05) is 44.5 Å². The normalized spacial score (nSPS) is 18.2. The molecular weight excluding hydrogens is 378 g/mol. The number of imidazole rings is 1. The highest BCUT2D eigenvalue weighted by Gasteiger charge is 2.31. The lowest BCUT2D eigenvalue weighted by Gasteiger charge is -2.18. The zero-order chi connectivity index (χ0) is 20.5. The van der Waals surface area contributed by atoms with Crippen LogP contribution in [0.3, 0.4) is 0 Å². The monoisotopic (exact) mass is 405 g/mol. The SMILES string of the molecule is COCCn1c([C@H]2CCN(C(=O)Nc3ccc4c(c3)CCC4)C2)nc2cccnc21. The van der Waals surface area contributed by atoms with Gasteiger partial charge in [0.2, 0.25) is 0 Å². The Balaban J connectivity index is 1.31. The summed E-state index contributed by atoms with van der Waals surface area (Å²) in [5.74, 6) is 1.19. The Morgan fingerprint density at radius 1 is 1.27 bits per heavy atom. The zero-order valence-electron chi connectivity index (χ0n) is 17.3. The van der Waals surface area contributed by atoms with E-state index >= 15 is 0 Å². The molecule has 30 heavy (non-hydrogen) atoms. The fourth-order valence-electron chi connectivity index (χ4n) is 4.70. The molecule has 2 amide bonds. The Hall–Kier alpha value is -2.93. The number of ether oxygens (including phenoxy) is 1. The van der Waals surface area contributed by atoms with Crippen LogP contribution in [0.4, 0.5) is 10.5 Å². The van der Waals surface area contributed by atoms with E-state index in [1.807, 2.05) is 23.1 Å². The molecule has 156 valence electrons. The Bertz CT molecular complexity index is 1080. The van der Waals surface area contributed by atoms with Crippen LogP contribution in [-0.4, -0.2) is 52.3 Å². The molecule has 5 rings (SSSR count). The van der Waals surface area contributed by atoms with Crippen LogP contribution < -0.4 is 5.32 Å². The molecule has 0 bridgehead atoms. The number of methoxy groups -OCH3 is 1. The number of hydrogen-bond donors (Lipinski definition) is 1. The molecule has 1 aliphatic heterocycles. The molecule has 7 heteroatoms. The van der Waals surface area contributed by atoms with E-state index in [1.54, 1.807) is 13.3 Å². The van der Waals surface area contributed by atoms with Crippen molar-refractivity contribution in [2.45, 2.75) is 38.1 Å². The van der Waals surface area contributed by atoms with Gasteiger partial charge in [0.05, 0.1) is 6.61 Å². The second-order valence-electron chi connectivity index (χ2n) is 8.16. The van der Waals surface area contributed by atoms with Crippen molar-refractivity contribution in [1.29, 1.82) is 0 Å². The first-order chi connectivity index (χ1) is 14.7. The molecule has 1 aliphatic carbocycles. The van der Waals surface area contributed by atoms with Gasteiger partial charge in [-0.25, -0.2) is 14.8 Å². The van der Waals surface area contributed by atoms with Gasteiger partial charge in [0.15, 0.2) is 5.65 Å². The number of benzene rings is 1. The summed E-state index contributed by atoms with van der Waals surface area (Å²) in [6.07, 6.45) is 6.16. The molecule has 1 atom stereocenters. The first kappa shape index (κ1) is 19.1. The summed E-state index contributed by atoms with van der Waals surface area (Å²) in [5.41, 5.74) is 5.44. The summed E-state index contributed by atoms with van der Waals surface area (Å²) in [6, 6.07) is 10.2. The van der Waals surface area contributed by atoms with Crippen molar-refractivity contribution in [3.63, 3.8) is 0 Å². The summed E-state index contributed by atoms with van der Waals surface area (Å²) in [5, 5.41) is 3.09. The molecule has 1 fully saturated rings. The standard InChI is InChI=1S/C23H27N5O2/c1-30-13-12-28-21(26-20-6-3-10-24-22(20)28)18-9-11-27(15-18)23(29)25-19-8-7-16-4-2-5-17(16)14-19/h3,6-8,10,14,18H,2,4-5,9,11-13,15H2,1H3,(H,25,29)/t18-/m0/s1. The first-order valence-corrected chi connectivity index (χ1v) is 10.7. The van der Waals surface area contributed by atoms with Gasteiger partial charge in [-0.15, -0.1) is 0 Å². The van der Waals surface area contributed by atoms with Crippen LogP contribution in [0.5, 0.6) is 0 Å². The van der Waals surface area contributed by atoms with E-state index in [9.17, 15) is 4.79 Å². The number of aryl methyl sites for hydroxylation is 2. The van der Waals surface area contributed by atoms with E-state index in [4.69, 9.17) is 9.72 Å². The van der Waals surface area contributed by atoms with Crippen molar-refractivity contribution >= 4 is 22.9 Å². The number of amides is 2. The third-order valence-electron chi connectivity index (χ3n) is 6.24. The number of anilines is 1. The third-order valence-corrected chi connectivity index (χ3v) is 6.24. The highest BCUT2D eigenvalue weighted by atomic mass is 16.5. The highest BCUT2D eigenvalue weighted by molar-refractivity contribution is 5.89. The summed E-state index contributed by atoms with van der Waals surface area (Å²) in [4.78, 5) is 24.1. The second kappa shape index (κ2) is 8.07. The minimum Gasteiger partial charge on any atom is -0.383 e. The Kier molecular flexibility index (Phi) is 5.12. The number of rotatable bonds is 5. The van der Waals surface area contributed by atoms with Crippen molar-refractivity contribution in [3.8, 4) is 0 Å². The van der Waals surface area contributed by atoms with E-state index in [0.717, 1.165) is 48.5 Å². The zero-order valence-corrected chi connectivity index (χ0v) is 17.3. The molecule has 2 aromatic heterocycles. The quantitative estimate of drug-likeness (QED) is 0.704. The molecule has 0 radical (unpaired) electrons. The van der Waals surface area contributed by atoms with Crippen LogP contribution in [0, 0.1) is 0 Å². The second-order valence-corrected chi connectivity index (χ2v) is 8.16. The fraction of sp³-hybridized carbons (Fsp3) is 0.435. The van der Waals surface area contributed by atoms with Gasteiger partial charge in [0.1, 0.15) is 11.3 Å². The molecule has 2 aliphatic rings. The van der Waals surface area contributed by atoms with Crippen molar-refractivity contribution in [1.82, 2.24) is 19.4 Å². The van der Waals surface area contributed by atoms with Gasteiger partial charge in [-0.3, -0.25) is 0 Å². The molecule has 7 nitrogen and oxygen atoms in total. The minimum atomic E-state index is -0.0341. The highest BCUT2D eigenvalue weighted by Crippen LogP contribution is 2.30. The smallest absolute Gasteiger partial charge is 0.321 e. The lowest BCUT2D eigenvalue weighted by Crippen LogP contribution is -2.33. The number of nitrogens with zero attached hydrogens (tertiary/aromatic N) is 4. The van der Waals surface area contributed by atoms with Crippen molar-refractivity contribution in [3.05, 3.63) is 53.5 Å². The van der Waals surface area contributed by atoms with E-state index in [2.05, 4.69) is 27.0 Å². The maximum absolute atomic E-state index is 12.9. The number of carbonyl (C=O) groups excluding carboxylic acids is 1. The maximum atomic E-state index is 12.9. The third kappa shape index (κ3) is 3.54. The van der Waals surface area contributed by atoms with Crippen molar-refractivity contribution in [2.24, 2.45) is 0 Å². The largest absolute Gasteiger partial charge is 0.383 e. The number of carbonyl (C=O) groups is 1. The first-order valence-electron chi connectivity index (χ1n) is 10.7. The Morgan fingerprint density at radius 2 is 2.17 bits per heavy atom. The van der Waals surface area contributed by atoms with E-state index in [0.29, 0.717) is 19.7 Å². The lowest BCUT2D eigenvalue weighted by atomic mass is 10.1. The van der Waals surface area contributed by atoms with Crippen LogP contribution in [0.1, 0.15) is 35.7 Å². The summed E-state index contributed by atoms with van der Waals surface area (Å²) in [6.45, 7) is 2.69. The molecule has 1 saturated heterocycles. The van der Waals surface area contributed by atoms with E-state index in [-0.39, 0.29) is 11.9 Å². The fourth-order valence-corrected chi connectivity index (χ4v) is 4.70. The molecule has 3 heterocycles. The van der Waals surface area contributed by atoms with Gasteiger partial charge in [-0.2, -0.15) is 0 Å². The van der Waals surface area contributed by atoms with Gasteiger partial charge in [0.25, 0.3) is 0 Å². The maximum Gasteiger partial charge on any atom is 0.321 e. The molecule has 0 unspecified atom stereocenters. The predicted molar refractivity (Wildman–Crippen MR) is 116 cm³/mol. The van der Waals surface area contributed by atoms with E-state index in [1.165, 1.54) is 17.5 Å². The van der Waals surface area contributed by atoms with Gasteiger partial charge in [-0.05, 0) is 61.1 Å². The molecule has 1 aromatic carbocycles. The van der Waals surface area contributed by atoms with Crippen molar-refractivity contribution in [2.75, 3.05) is 32.1 Å². The van der Waals surface area contributed by atoms with Gasteiger partial charge >= 0.3 is 6.03 Å². The average Bonchev–Trinajstić information content (AvgIpc) is 3.49. The number of pyridine rings is 1. The number of nitrogens with one attached hydrogen (secondary N) is 1. The van der Waals surface area contributed by atoms with Crippen LogP contribution in [0.25, 0.3) is 11.2 Å². The number of fused-ring (bicyclic) bond motifs is 2. The summed E-state index contributed by atoms with van der Waals surface area (Å²) in [7, 11) is 1.70. The van der Waals surface area contributed by atoms with E-state index < -0.39 is 0 Å². The van der Waals surface area contributed by atoms with Crippen LogP contribution in [0.2, 0.25) is 0 Å². The van der Waals surface area contributed by atoms with Crippen LogP contribution in [0.15, 0.2) is 36.5 Å². The molecule has 1 N–H and O–H groups in total. The summed E-state index contributed by atoms with van der Waals surface area (Å²) >= 11 is 0. The summed E-state index contributed by atoms with van der Waals surface area (Å²) < 4.78 is 7.43. The van der Waals surface area contributed by atoms with Gasteiger partial charge < -0.3 is 19.5 Å². The Morgan fingerprint density at radius 3 is 3.07 bits per heavy atom. The molecular formula is C23H27N5O2.